The molecule has 0 saturated carbocycles. The number of rotatable bonds is 4. The molecule has 7 nitrogen and oxygen atoms in total. The van der Waals surface area contributed by atoms with Gasteiger partial charge in [0.1, 0.15) is 11.4 Å². The number of ether oxygens (including phenoxy) is 2. The van der Waals surface area contributed by atoms with Crippen LogP contribution in [0.5, 0.6) is 5.75 Å². The number of carbonyl (C=O) groups is 1. The molecule has 1 unspecified atom stereocenters. The Bertz CT molecular complexity index is 1160. The highest BCUT2D eigenvalue weighted by molar-refractivity contribution is 6.11. The van der Waals surface area contributed by atoms with Crippen molar-refractivity contribution in [1.29, 1.82) is 0 Å². The number of amides is 1. The second-order valence-electron chi connectivity index (χ2n) is 9.55. The molecule has 1 N–H and O–H groups in total. The van der Waals surface area contributed by atoms with Gasteiger partial charge in [0.25, 0.3) is 5.91 Å². The molecule has 1 fully saturated rings. The van der Waals surface area contributed by atoms with Gasteiger partial charge in [-0.15, -0.1) is 0 Å². The standard InChI is InChI=1S/C26H30N4O3/c1-26(2,3)24-21-22(27-28-24)25(31)30(23(21)19-7-5-6-8-20(19)32-4)18-11-9-17(10-12-18)29-13-15-33-16-14-29/h5-12,23H,13-16H2,1-4H3,(H,27,28). The minimum Gasteiger partial charge on any atom is -0.496 e. The topological polar surface area (TPSA) is 70.7 Å². The zero-order valence-corrected chi connectivity index (χ0v) is 19.6. The van der Waals surface area contributed by atoms with Crippen LogP contribution >= 0.6 is 0 Å². The lowest BCUT2D eigenvalue weighted by molar-refractivity contribution is 0.0988. The molecule has 2 aromatic carbocycles. The van der Waals surface area contributed by atoms with Crippen LogP contribution in [0.15, 0.2) is 48.5 Å². The van der Waals surface area contributed by atoms with E-state index in [1.807, 2.05) is 41.3 Å². The first kappa shape index (κ1) is 21.5. The van der Waals surface area contributed by atoms with Gasteiger partial charge in [0.05, 0.1) is 32.1 Å². The first-order chi connectivity index (χ1) is 15.9. The third-order valence-corrected chi connectivity index (χ3v) is 6.42. The van der Waals surface area contributed by atoms with Crippen LogP contribution in [-0.2, 0) is 10.2 Å². The fourth-order valence-electron chi connectivity index (χ4n) is 4.82. The van der Waals surface area contributed by atoms with Gasteiger partial charge >= 0.3 is 0 Å². The summed E-state index contributed by atoms with van der Waals surface area (Å²) in [5, 5.41) is 7.60. The summed E-state index contributed by atoms with van der Waals surface area (Å²) >= 11 is 0. The summed E-state index contributed by atoms with van der Waals surface area (Å²) in [7, 11) is 1.66. The Morgan fingerprint density at radius 3 is 2.36 bits per heavy atom. The predicted molar refractivity (Wildman–Crippen MR) is 128 cm³/mol. The number of nitrogens with zero attached hydrogens (tertiary/aromatic N) is 3. The minimum atomic E-state index is -0.328. The number of carbonyl (C=O) groups excluding carboxylic acids is 1. The third-order valence-electron chi connectivity index (χ3n) is 6.42. The van der Waals surface area contributed by atoms with E-state index in [1.165, 1.54) is 0 Å². The third kappa shape index (κ3) is 3.66. The number of benzene rings is 2. The van der Waals surface area contributed by atoms with E-state index in [1.54, 1.807) is 7.11 Å². The number of aromatic amines is 1. The molecular weight excluding hydrogens is 416 g/mol. The highest BCUT2D eigenvalue weighted by Crippen LogP contribution is 2.47. The van der Waals surface area contributed by atoms with Crippen LogP contribution in [0.2, 0.25) is 0 Å². The van der Waals surface area contributed by atoms with E-state index in [0.717, 1.165) is 60.2 Å². The van der Waals surface area contributed by atoms with E-state index in [-0.39, 0.29) is 17.4 Å². The number of hydrogen-bond acceptors (Lipinski definition) is 5. The molecule has 0 radical (unpaired) electrons. The van der Waals surface area contributed by atoms with Crippen LogP contribution in [0.1, 0.15) is 54.1 Å². The monoisotopic (exact) mass is 446 g/mol. The van der Waals surface area contributed by atoms with Crippen LogP contribution in [0.25, 0.3) is 0 Å². The van der Waals surface area contributed by atoms with Gasteiger partial charge in [-0.05, 0) is 30.3 Å². The highest BCUT2D eigenvalue weighted by Gasteiger charge is 2.45. The Morgan fingerprint density at radius 2 is 1.70 bits per heavy atom. The molecule has 7 heteroatoms. The van der Waals surface area contributed by atoms with Crippen LogP contribution in [0, 0.1) is 0 Å². The number of methoxy groups -OCH3 is 1. The van der Waals surface area contributed by atoms with E-state index in [0.29, 0.717) is 5.69 Å². The first-order valence-electron chi connectivity index (χ1n) is 11.4. The van der Waals surface area contributed by atoms with Crippen LogP contribution in [0.4, 0.5) is 11.4 Å². The molecule has 1 saturated heterocycles. The lowest BCUT2D eigenvalue weighted by atomic mass is 9.85. The molecule has 0 spiro atoms. The Morgan fingerprint density at radius 1 is 1.03 bits per heavy atom. The van der Waals surface area contributed by atoms with Gasteiger partial charge < -0.3 is 14.4 Å². The van der Waals surface area contributed by atoms with Crippen molar-refractivity contribution in [3.63, 3.8) is 0 Å². The van der Waals surface area contributed by atoms with Crippen LogP contribution in [0.3, 0.4) is 0 Å². The quantitative estimate of drug-likeness (QED) is 0.647. The second-order valence-corrected chi connectivity index (χ2v) is 9.55. The Balaban J connectivity index is 1.61. The molecule has 3 heterocycles. The maximum absolute atomic E-state index is 13.7. The molecule has 1 amide bonds. The molecular formula is C26H30N4O3. The fraction of sp³-hybridized carbons (Fsp3) is 0.385. The number of aromatic nitrogens is 2. The summed E-state index contributed by atoms with van der Waals surface area (Å²) in [6.45, 7) is 9.57. The van der Waals surface area contributed by atoms with E-state index in [9.17, 15) is 4.79 Å². The number of para-hydroxylation sites is 1. The summed E-state index contributed by atoms with van der Waals surface area (Å²) in [6.07, 6.45) is 0. The summed E-state index contributed by atoms with van der Waals surface area (Å²) in [6, 6.07) is 15.8. The van der Waals surface area contributed by atoms with Crippen LogP contribution in [-0.4, -0.2) is 49.5 Å². The van der Waals surface area contributed by atoms with Crippen molar-refractivity contribution in [2.45, 2.75) is 32.2 Å². The molecule has 5 rings (SSSR count). The van der Waals surface area contributed by atoms with Gasteiger partial charge in [0.15, 0.2) is 0 Å². The van der Waals surface area contributed by atoms with Crippen molar-refractivity contribution in [3.8, 4) is 5.75 Å². The van der Waals surface area contributed by atoms with E-state index >= 15 is 0 Å². The van der Waals surface area contributed by atoms with E-state index in [4.69, 9.17) is 9.47 Å². The summed E-state index contributed by atoms with van der Waals surface area (Å²) in [5.41, 5.74) is 5.07. The molecule has 3 aromatic rings. The number of morpholine rings is 1. The number of hydrogen-bond donors (Lipinski definition) is 1. The van der Waals surface area contributed by atoms with Crippen molar-refractivity contribution in [2.24, 2.45) is 0 Å². The van der Waals surface area contributed by atoms with Crippen molar-refractivity contribution < 1.29 is 14.3 Å². The minimum absolute atomic E-state index is 0.0805. The molecule has 0 aliphatic carbocycles. The number of nitrogens with one attached hydrogen (secondary N) is 1. The Hall–Kier alpha value is -3.32. The van der Waals surface area contributed by atoms with Crippen molar-refractivity contribution >= 4 is 17.3 Å². The van der Waals surface area contributed by atoms with Crippen molar-refractivity contribution in [3.05, 3.63) is 71.0 Å². The molecule has 1 aromatic heterocycles. The average molecular weight is 447 g/mol. The predicted octanol–water partition coefficient (Wildman–Crippen LogP) is 4.30. The van der Waals surface area contributed by atoms with Gasteiger partial charge in [0.2, 0.25) is 0 Å². The number of H-pyrrole nitrogens is 1. The Kier molecular flexibility index (Phi) is 5.37. The molecule has 2 aliphatic heterocycles. The van der Waals surface area contributed by atoms with Crippen LogP contribution < -0.4 is 14.5 Å². The largest absolute Gasteiger partial charge is 0.496 e. The maximum Gasteiger partial charge on any atom is 0.277 e. The highest BCUT2D eigenvalue weighted by atomic mass is 16.5. The van der Waals surface area contributed by atoms with Gasteiger partial charge in [0, 0.05) is 41.0 Å². The Labute approximate surface area is 194 Å². The molecule has 2 aliphatic rings. The molecule has 1 atom stereocenters. The maximum atomic E-state index is 13.7. The van der Waals surface area contributed by atoms with Crippen molar-refractivity contribution in [2.75, 3.05) is 43.2 Å². The summed E-state index contributed by atoms with van der Waals surface area (Å²) < 4.78 is 11.2. The van der Waals surface area contributed by atoms with Gasteiger partial charge in [-0.2, -0.15) is 5.10 Å². The van der Waals surface area contributed by atoms with Gasteiger partial charge in [-0.3, -0.25) is 14.8 Å². The lowest BCUT2D eigenvalue weighted by Crippen LogP contribution is -2.36. The molecule has 0 bridgehead atoms. The summed E-state index contributed by atoms with van der Waals surface area (Å²) in [5.74, 6) is 0.669. The average Bonchev–Trinajstić information content (AvgIpc) is 3.39. The van der Waals surface area contributed by atoms with E-state index < -0.39 is 0 Å². The fourth-order valence-corrected chi connectivity index (χ4v) is 4.82. The number of fused-ring (bicyclic) bond motifs is 1. The normalized spacial score (nSPS) is 18.5. The summed E-state index contributed by atoms with van der Waals surface area (Å²) in [4.78, 5) is 17.9. The zero-order valence-electron chi connectivity index (χ0n) is 19.6. The molecule has 172 valence electrons. The SMILES string of the molecule is COc1ccccc1C1c2c(C(C)(C)C)n[nH]c2C(=O)N1c1ccc(N2CCOCC2)cc1. The second kappa shape index (κ2) is 8.23. The molecule has 33 heavy (non-hydrogen) atoms. The van der Waals surface area contributed by atoms with Crippen molar-refractivity contribution in [1.82, 2.24) is 10.2 Å². The van der Waals surface area contributed by atoms with Gasteiger partial charge in [-0.25, -0.2) is 0 Å². The van der Waals surface area contributed by atoms with Gasteiger partial charge in [-0.1, -0.05) is 39.0 Å². The van der Waals surface area contributed by atoms with E-state index in [2.05, 4.69) is 48.0 Å². The first-order valence-corrected chi connectivity index (χ1v) is 11.4. The zero-order chi connectivity index (χ0) is 23.2. The lowest BCUT2D eigenvalue weighted by Gasteiger charge is -2.31. The number of anilines is 2. The smallest absolute Gasteiger partial charge is 0.277 e.